The predicted octanol–water partition coefficient (Wildman–Crippen LogP) is 3.54. The average Bonchev–Trinajstić information content (AvgIpc) is 2.92. The molecule has 0 radical (unpaired) electrons. The van der Waals surface area contributed by atoms with Gasteiger partial charge >= 0.3 is 0 Å². The first-order valence-corrected chi connectivity index (χ1v) is 7.38. The van der Waals surface area contributed by atoms with Crippen LogP contribution in [0, 0.1) is 25.2 Å². The topological polar surface area (TPSA) is 61.6 Å². The Morgan fingerprint density at radius 1 is 1.13 bits per heavy atom. The summed E-state index contributed by atoms with van der Waals surface area (Å²) in [5.74, 6) is 0. The minimum Gasteiger partial charge on any atom is -0.351 e. The molecule has 0 aliphatic rings. The van der Waals surface area contributed by atoms with Crippen LogP contribution in [0.5, 0.6) is 0 Å². The van der Waals surface area contributed by atoms with Gasteiger partial charge in [-0.25, -0.2) is 0 Å². The van der Waals surface area contributed by atoms with Crippen LogP contribution in [0.3, 0.4) is 0 Å². The standard InChI is InChI=1S/C19H17N3O/c1-12-6-7-14(13(2)9-12)17-10-15(16(11-20)19(23)21-17)18-5-4-8-22(18)3/h4-10H,1-3H3,(H,21,23). The van der Waals surface area contributed by atoms with Crippen molar-refractivity contribution in [2.45, 2.75) is 13.8 Å². The summed E-state index contributed by atoms with van der Waals surface area (Å²) in [6.45, 7) is 4.05. The molecule has 0 saturated heterocycles. The van der Waals surface area contributed by atoms with Crippen LogP contribution in [0.2, 0.25) is 0 Å². The van der Waals surface area contributed by atoms with Gasteiger partial charge in [-0.2, -0.15) is 5.26 Å². The van der Waals surface area contributed by atoms with Gasteiger partial charge in [-0.3, -0.25) is 4.79 Å². The highest BCUT2D eigenvalue weighted by molar-refractivity contribution is 5.74. The third-order valence-corrected chi connectivity index (χ3v) is 4.04. The van der Waals surface area contributed by atoms with Crippen LogP contribution in [0.4, 0.5) is 0 Å². The van der Waals surface area contributed by atoms with Crippen molar-refractivity contribution < 1.29 is 0 Å². The number of hydrogen-bond acceptors (Lipinski definition) is 2. The molecule has 3 aromatic rings. The summed E-state index contributed by atoms with van der Waals surface area (Å²) in [5.41, 5.74) is 5.22. The van der Waals surface area contributed by atoms with Gasteiger partial charge in [-0.05, 0) is 37.6 Å². The van der Waals surface area contributed by atoms with Crippen LogP contribution in [0.15, 0.2) is 47.4 Å². The molecular weight excluding hydrogens is 286 g/mol. The Balaban J connectivity index is 2.30. The molecule has 0 fully saturated rings. The number of rotatable bonds is 2. The summed E-state index contributed by atoms with van der Waals surface area (Å²) in [6, 6.07) is 13.8. The molecule has 1 aromatic carbocycles. The number of aromatic nitrogens is 2. The van der Waals surface area contributed by atoms with E-state index in [1.807, 2.05) is 68.1 Å². The van der Waals surface area contributed by atoms with Crippen molar-refractivity contribution in [3.05, 3.63) is 69.6 Å². The van der Waals surface area contributed by atoms with E-state index in [1.165, 1.54) is 5.56 Å². The minimum atomic E-state index is -0.360. The number of H-pyrrole nitrogens is 1. The van der Waals surface area contributed by atoms with Crippen molar-refractivity contribution in [1.29, 1.82) is 5.26 Å². The Kier molecular flexibility index (Phi) is 3.63. The summed E-state index contributed by atoms with van der Waals surface area (Å²) in [4.78, 5) is 15.2. The van der Waals surface area contributed by atoms with Crippen LogP contribution in [0.1, 0.15) is 16.7 Å². The summed E-state index contributed by atoms with van der Waals surface area (Å²) < 4.78 is 1.90. The lowest BCUT2D eigenvalue weighted by atomic mass is 9.99. The van der Waals surface area contributed by atoms with Gasteiger partial charge in [-0.15, -0.1) is 0 Å². The van der Waals surface area contributed by atoms with Crippen LogP contribution >= 0.6 is 0 Å². The zero-order valence-electron chi connectivity index (χ0n) is 13.3. The first-order valence-electron chi connectivity index (χ1n) is 7.38. The second kappa shape index (κ2) is 5.62. The van der Waals surface area contributed by atoms with E-state index in [2.05, 4.69) is 11.1 Å². The highest BCUT2D eigenvalue weighted by atomic mass is 16.1. The fourth-order valence-corrected chi connectivity index (χ4v) is 2.87. The van der Waals surface area contributed by atoms with Gasteiger partial charge in [0.05, 0.1) is 0 Å². The van der Waals surface area contributed by atoms with E-state index in [0.717, 1.165) is 22.5 Å². The first kappa shape index (κ1) is 14.9. The molecule has 2 aromatic heterocycles. The van der Waals surface area contributed by atoms with Crippen LogP contribution in [0.25, 0.3) is 22.5 Å². The molecular formula is C19H17N3O. The molecule has 114 valence electrons. The van der Waals surface area contributed by atoms with Crippen LogP contribution in [-0.2, 0) is 7.05 Å². The van der Waals surface area contributed by atoms with E-state index < -0.39 is 0 Å². The van der Waals surface area contributed by atoms with Gasteiger partial charge in [0, 0.05) is 35.8 Å². The van der Waals surface area contributed by atoms with Crippen molar-refractivity contribution >= 4 is 0 Å². The van der Waals surface area contributed by atoms with Gasteiger partial charge in [0.2, 0.25) is 0 Å². The SMILES string of the molecule is Cc1ccc(-c2cc(-c3cccn3C)c(C#N)c(=O)[nH]2)c(C)c1. The first-order chi connectivity index (χ1) is 11.0. The Hall–Kier alpha value is -3.06. The van der Waals surface area contributed by atoms with E-state index >= 15 is 0 Å². The highest BCUT2D eigenvalue weighted by Gasteiger charge is 2.15. The van der Waals surface area contributed by atoms with Gasteiger partial charge < -0.3 is 9.55 Å². The Labute approximate surface area is 134 Å². The Morgan fingerprint density at radius 3 is 2.52 bits per heavy atom. The average molecular weight is 303 g/mol. The lowest BCUT2D eigenvalue weighted by molar-refractivity contribution is 0.935. The molecule has 0 unspecified atom stereocenters. The van der Waals surface area contributed by atoms with Crippen molar-refractivity contribution in [1.82, 2.24) is 9.55 Å². The summed E-state index contributed by atoms with van der Waals surface area (Å²) in [5, 5.41) is 9.36. The maximum Gasteiger partial charge on any atom is 0.267 e. The number of nitriles is 1. The third-order valence-electron chi connectivity index (χ3n) is 4.04. The lowest BCUT2D eigenvalue weighted by Gasteiger charge is -2.11. The summed E-state index contributed by atoms with van der Waals surface area (Å²) >= 11 is 0. The monoisotopic (exact) mass is 303 g/mol. The number of benzene rings is 1. The summed E-state index contributed by atoms with van der Waals surface area (Å²) in [6.07, 6.45) is 1.90. The van der Waals surface area contributed by atoms with Crippen LogP contribution < -0.4 is 5.56 Å². The molecule has 1 N–H and O–H groups in total. The number of pyridine rings is 1. The van der Waals surface area contributed by atoms with Gasteiger partial charge in [0.15, 0.2) is 0 Å². The number of aryl methyl sites for hydroxylation is 3. The van der Waals surface area contributed by atoms with E-state index in [9.17, 15) is 10.1 Å². The zero-order valence-corrected chi connectivity index (χ0v) is 13.3. The lowest BCUT2D eigenvalue weighted by Crippen LogP contribution is -2.13. The molecule has 0 saturated carbocycles. The smallest absolute Gasteiger partial charge is 0.267 e. The fourth-order valence-electron chi connectivity index (χ4n) is 2.87. The summed E-state index contributed by atoms with van der Waals surface area (Å²) in [7, 11) is 1.90. The predicted molar refractivity (Wildman–Crippen MR) is 91.1 cm³/mol. The molecule has 0 aliphatic heterocycles. The molecule has 23 heavy (non-hydrogen) atoms. The van der Waals surface area contributed by atoms with Crippen molar-refractivity contribution in [3.63, 3.8) is 0 Å². The minimum absolute atomic E-state index is 0.139. The molecule has 0 spiro atoms. The zero-order chi connectivity index (χ0) is 16.6. The Morgan fingerprint density at radius 2 is 1.91 bits per heavy atom. The molecule has 3 rings (SSSR count). The quantitative estimate of drug-likeness (QED) is 0.787. The maximum absolute atomic E-state index is 12.4. The second-order valence-corrected chi connectivity index (χ2v) is 5.74. The van der Waals surface area contributed by atoms with E-state index in [1.54, 1.807) is 0 Å². The second-order valence-electron chi connectivity index (χ2n) is 5.74. The van der Waals surface area contributed by atoms with E-state index in [4.69, 9.17) is 0 Å². The molecule has 0 atom stereocenters. The largest absolute Gasteiger partial charge is 0.351 e. The third kappa shape index (κ3) is 2.58. The van der Waals surface area contributed by atoms with Crippen molar-refractivity contribution in [2.75, 3.05) is 0 Å². The maximum atomic E-state index is 12.4. The number of nitrogens with one attached hydrogen (secondary N) is 1. The normalized spacial score (nSPS) is 10.5. The molecule has 4 heteroatoms. The van der Waals surface area contributed by atoms with Gasteiger partial charge in [0.25, 0.3) is 5.56 Å². The molecule has 0 bridgehead atoms. The molecule has 4 nitrogen and oxygen atoms in total. The molecule has 0 aliphatic carbocycles. The number of nitrogens with zero attached hydrogens (tertiary/aromatic N) is 2. The van der Waals surface area contributed by atoms with Gasteiger partial charge in [-0.1, -0.05) is 23.8 Å². The van der Waals surface area contributed by atoms with Crippen LogP contribution in [-0.4, -0.2) is 9.55 Å². The number of aromatic amines is 1. The van der Waals surface area contributed by atoms with Crippen molar-refractivity contribution in [3.8, 4) is 28.6 Å². The van der Waals surface area contributed by atoms with Gasteiger partial charge in [0.1, 0.15) is 11.6 Å². The number of hydrogen-bond donors (Lipinski definition) is 1. The van der Waals surface area contributed by atoms with E-state index in [0.29, 0.717) is 5.56 Å². The highest BCUT2D eigenvalue weighted by Crippen LogP contribution is 2.28. The Bertz CT molecular complexity index is 987. The molecule has 2 heterocycles. The fraction of sp³-hybridized carbons (Fsp3) is 0.158. The molecule has 0 amide bonds. The van der Waals surface area contributed by atoms with Crippen molar-refractivity contribution in [2.24, 2.45) is 7.05 Å². The van der Waals surface area contributed by atoms with E-state index in [-0.39, 0.29) is 11.1 Å².